The summed E-state index contributed by atoms with van der Waals surface area (Å²) in [5.41, 5.74) is 6.22. The number of nitrogens with two attached hydrogens (primary N) is 1. The summed E-state index contributed by atoms with van der Waals surface area (Å²) >= 11 is 0. The summed E-state index contributed by atoms with van der Waals surface area (Å²) in [7, 11) is 1.48. The van der Waals surface area contributed by atoms with Crippen LogP contribution in [0.15, 0.2) is 18.2 Å². The van der Waals surface area contributed by atoms with Crippen LogP contribution < -0.4 is 15.8 Å². The van der Waals surface area contributed by atoms with Crippen molar-refractivity contribution in [1.82, 2.24) is 0 Å². The van der Waals surface area contributed by atoms with Gasteiger partial charge in [0.15, 0.2) is 0 Å². The second kappa shape index (κ2) is 6.38. The maximum atomic E-state index is 10.9. The number of ether oxygens (including phenoxy) is 1. The molecule has 19 heavy (non-hydrogen) atoms. The number of non-ortho nitro benzene ring substituents is 1. The lowest BCUT2D eigenvalue weighted by Gasteiger charge is -2.32. The molecule has 1 rings (SSSR count). The van der Waals surface area contributed by atoms with Crippen LogP contribution in [0.25, 0.3) is 0 Å². The molecule has 0 spiro atoms. The van der Waals surface area contributed by atoms with Crippen LogP contribution in [0.5, 0.6) is 5.75 Å². The third-order valence-electron chi connectivity index (χ3n) is 3.49. The normalized spacial score (nSPS) is 11.2. The number of nitro benzene ring substituents is 1. The molecule has 6 nitrogen and oxygen atoms in total. The second-order valence-electron chi connectivity index (χ2n) is 4.49. The molecule has 0 amide bonds. The molecule has 1 aromatic rings. The van der Waals surface area contributed by atoms with E-state index in [0.717, 1.165) is 12.8 Å². The molecule has 6 heteroatoms. The third kappa shape index (κ3) is 3.57. The van der Waals surface area contributed by atoms with Gasteiger partial charge in [-0.05, 0) is 12.8 Å². The van der Waals surface area contributed by atoms with Crippen LogP contribution in [0.1, 0.15) is 26.7 Å². The molecule has 0 aliphatic carbocycles. The van der Waals surface area contributed by atoms with Crippen molar-refractivity contribution in [2.75, 3.05) is 19.0 Å². The van der Waals surface area contributed by atoms with Crippen molar-refractivity contribution in [3.05, 3.63) is 28.3 Å². The number of nitro groups is 1. The van der Waals surface area contributed by atoms with Crippen molar-refractivity contribution < 1.29 is 9.66 Å². The van der Waals surface area contributed by atoms with Crippen molar-refractivity contribution in [3.63, 3.8) is 0 Å². The van der Waals surface area contributed by atoms with Gasteiger partial charge in [-0.1, -0.05) is 13.8 Å². The number of methoxy groups -OCH3 is 1. The Bertz CT molecular complexity index is 436. The van der Waals surface area contributed by atoms with E-state index in [-0.39, 0.29) is 11.2 Å². The van der Waals surface area contributed by atoms with E-state index in [4.69, 9.17) is 10.5 Å². The molecule has 0 aliphatic heterocycles. The van der Waals surface area contributed by atoms with Gasteiger partial charge < -0.3 is 15.8 Å². The average Bonchev–Trinajstić information content (AvgIpc) is 2.44. The van der Waals surface area contributed by atoms with Crippen molar-refractivity contribution in [2.24, 2.45) is 5.73 Å². The van der Waals surface area contributed by atoms with E-state index in [0.29, 0.717) is 18.0 Å². The molecule has 0 radical (unpaired) electrons. The zero-order valence-electron chi connectivity index (χ0n) is 11.6. The van der Waals surface area contributed by atoms with Gasteiger partial charge in [0.25, 0.3) is 5.69 Å². The summed E-state index contributed by atoms with van der Waals surface area (Å²) in [6.45, 7) is 4.54. The quantitative estimate of drug-likeness (QED) is 0.585. The highest BCUT2D eigenvalue weighted by Gasteiger charge is 2.24. The lowest BCUT2D eigenvalue weighted by atomic mass is 9.92. The second-order valence-corrected chi connectivity index (χ2v) is 4.49. The third-order valence-corrected chi connectivity index (χ3v) is 3.49. The van der Waals surface area contributed by atoms with E-state index in [1.165, 1.54) is 19.2 Å². The first-order valence-electron chi connectivity index (χ1n) is 6.32. The van der Waals surface area contributed by atoms with Crippen LogP contribution in [0, 0.1) is 10.1 Å². The topological polar surface area (TPSA) is 90.4 Å². The van der Waals surface area contributed by atoms with Crippen LogP contribution >= 0.6 is 0 Å². The number of hydrogen-bond acceptors (Lipinski definition) is 5. The Morgan fingerprint density at radius 2 is 2.00 bits per heavy atom. The van der Waals surface area contributed by atoms with E-state index in [1.807, 2.05) is 13.8 Å². The van der Waals surface area contributed by atoms with Gasteiger partial charge in [-0.2, -0.15) is 0 Å². The average molecular weight is 267 g/mol. The molecule has 3 N–H and O–H groups in total. The number of nitrogens with one attached hydrogen (secondary N) is 1. The molecule has 0 unspecified atom stereocenters. The smallest absolute Gasteiger partial charge is 0.275 e. The zero-order chi connectivity index (χ0) is 14.5. The molecule has 0 heterocycles. The van der Waals surface area contributed by atoms with Gasteiger partial charge >= 0.3 is 0 Å². The lowest BCUT2D eigenvalue weighted by Crippen LogP contribution is -2.44. The van der Waals surface area contributed by atoms with Gasteiger partial charge in [0.05, 0.1) is 18.1 Å². The first-order chi connectivity index (χ1) is 9.00. The van der Waals surface area contributed by atoms with E-state index in [2.05, 4.69) is 5.32 Å². The number of hydrogen-bond donors (Lipinski definition) is 2. The fourth-order valence-corrected chi connectivity index (χ4v) is 1.95. The molecule has 106 valence electrons. The van der Waals surface area contributed by atoms with Crippen molar-refractivity contribution >= 4 is 11.4 Å². The van der Waals surface area contributed by atoms with Crippen LogP contribution in [0.4, 0.5) is 11.4 Å². The predicted octanol–water partition coefficient (Wildman–Crippen LogP) is 2.53. The predicted molar refractivity (Wildman–Crippen MR) is 75.6 cm³/mol. The Balaban J connectivity index is 3.12. The Labute approximate surface area is 113 Å². The van der Waals surface area contributed by atoms with Gasteiger partial charge in [0.1, 0.15) is 5.75 Å². The molecule has 0 bridgehead atoms. The van der Waals surface area contributed by atoms with Gasteiger partial charge in [0, 0.05) is 29.9 Å². The summed E-state index contributed by atoms with van der Waals surface area (Å²) < 4.78 is 5.09. The molecule has 0 atom stereocenters. The first-order valence-corrected chi connectivity index (χ1v) is 6.32. The zero-order valence-corrected chi connectivity index (χ0v) is 11.6. The molecular formula is C13H21N3O3. The van der Waals surface area contributed by atoms with Crippen LogP contribution in [0.2, 0.25) is 0 Å². The number of benzene rings is 1. The van der Waals surface area contributed by atoms with E-state index >= 15 is 0 Å². The highest BCUT2D eigenvalue weighted by Crippen LogP contribution is 2.29. The minimum Gasteiger partial charge on any atom is -0.496 e. The van der Waals surface area contributed by atoms with Gasteiger partial charge in [-0.25, -0.2) is 0 Å². The summed E-state index contributed by atoms with van der Waals surface area (Å²) in [5, 5.41) is 14.2. The Hall–Kier alpha value is -1.82. The van der Waals surface area contributed by atoms with Crippen LogP contribution in [0.3, 0.4) is 0 Å². The Kier molecular flexibility index (Phi) is 5.11. The standard InChI is InChI=1S/C13H21N3O3/c1-4-13(5-2,9-14)15-10-6-11(16(17)18)8-12(7-10)19-3/h6-8,15H,4-5,9,14H2,1-3H3. The summed E-state index contributed by atoms with van der Waals surface area (Å²) in [6.07, 6.45) is 1.68. The minimum atomic E-state index is -0.435. The van der Waals surface area contributed by atoms with Crippen molar-refractivity contribution in [1.29, 1.82) is 0 Å². The monoisotopic (exact) mass is 267 g/mol. The molecule has 1 aromatic carbocycles. The van der Waals surface area contributed by atoms with Crippen molar-refractivity contribution in [2.45, 2.75) is 32.2 Å². The van der Waals surface area contributed by atoms with Gasteiger partial charge in [0.2, 0.25) is 0 Å². The van der Waals surface area contributed by atoms with Crippen molar-refractivity contribution in [3.8, 4) is 5.75 Å². The number of rotatable bonds is 7. The Morgan fingerprint density at radius 3 is 2.42 bits per heavy atom. The Morgan fingerprint density at radius 1 is 1.37 bits per heavy atom. The highest BCUT2D eigenvalue weighted by molar-refractivity contribution is 5.57. The maximum absolute atomic E-state index is 10.9. The minimum absolute atomic E-state index is 0.0000208. The number of nitrogens with zero attached hydrogens (tertiary/aromatic N) is 1. The highest BCUT2D eigenvalue weighted by atomic mass is 16.6. The first kappa shape index (κ1) is 15.2. The van der Waals surface area contributed by atoms with E-state index in [1.54, 1.807) is 6.07 Å². The van der Waals surface area contributed by atoms with E-state index < -0.39 is 4.92 Å². The van der Waals surface area contributed by atoms with Gasteiger partial charge in [-0.15, -0.1) is 0 Å². The number of anilines is 1. The maximum Gasteiger partial charge on any atom is 0.275 e. The summed E-state index contributed by atoms with van der Waals surface area (Å²) in [6, 6.07) is 4.63. The van der Waals surface area contributed by atoms with Crippen LogP contribution in [-0.2, 0) is 0 Å². The lowest BCUT2D eigenvalue weighted by molar-refractivity contribution is -0.384. The SMILES string of the molecule is CCC(CC)(CN)Nc1cc(OC)cc([N+](=O)[O-])c1. The van der Waals surface area contributed by atoms with Crippen LogP contribution in [-0.4, -0.2) is 24.1 Å². The fraction of sp³-hybridized carbons (Fsp3) is 0.538. The molecule has 0 aromatic heterocycles. The summed E-state index contributed by atoms with van der Waals surface area (Å²) in [4.78, 5) is 10.5. The molecule has 0 saturated carbocycles. The molecular weight excluding hydrogens is 246 g/mol. The van der Waals surface area contributed by atoms with Gasteiger partial charge in [-0.3, -0.25) is 10.1 Å². The largest absolute Gasteiger partial charge is 0.496 e. The molecule has 0 fully saturated rings. The molecule has 0 aliphatic rings. The fourth-order valence-electron chi connectivity index (χ4n) is 1.95. The summed E-state index contributed by atoms with van der Waals surface area (Å²) in [5.74, 6) is 0.454. The molecule has 0 saturated heterocycles. The van der Waals surface area contributed by atoms with E-state index in [9.17, 15) is 10.1 Å².